The van der Waals surface area contributed by atoms with Gasteiger partial charge in [0.25, 0.3) is 5.56 Å². The van der Waals surface area contributed by atoms with E-state index in [4.69, 9.17) is 4.74 Å². The van der Waals surface area contributed by atoms with Crippen molar-refractivity contribution in [2.24, 2.45) is 0 Å². The first-order chi connectivity index (χ1) is 12.2. The van der Waals surface area contributed by atoms with E-state index in [1.165, 1.54) is 0 Å². The van der Waals surface area contributed by atoms with Crippen LogP contribution in [0.15, 0.2) is 59.4 Å². The summed E-state index contributed by atoms with van der Waals surface area (Å²) in [4.78, 5) is 28.1. The average Bonchev–Trinajstić information content (AvgIpc) is 2.99. The predicted octanol–water partition coefficient (Wildman–Crippen LogP) is 4.59. The summed E-state index contributed by atoms with van der Waals surface area (Å²) in [5.41, 5.74) is 1.87. The summed E-state index contributed by atoms with van der Waals surface area (Å²) in [5.74, 6) is -0.595. The Bertz CT molecular complexity index is 1140. The molecule has 4 aromatic rings. The quantitative estimate of drug-likeness (QED) is 0.551. The maximum absolute atomic E-state index is 12.7. The molecule has 1 N–H and O–H groups in total. The molecule has 2 aromatic heterocycles. The lowest BCUT2D eigenvalue weighted by Gasteiger charge is -2.10. The first kappa shape index (κ1) is 15.6. The van der Waals surface area contributed by atoms with Gasteiger partial charge in [-0.25, -0.2) is 4.79 Å². The second kappa shape index (κ2) is 6.18. The molecule has 4 rings (SSSR count). The molecule has 0 saturated heterocycles. The van der Waals surface area contributed by atoms with Gasteiger partial charge in [-0.1, -0.05) is 48.5 Å². The molecule has 2 aromatic carbocycles. The molecule has 0 spiro atoms. The van der Waals surface area contributed by atoms with Gasteiger partial charge in [0.1, 0.15) is 5.56 Å². The molecule has 0 amide bonds. The Hall–Kier alpha value is -2.92. The lowest BCUT2D eigenvalue weighted by molar-refractivity contribution is 0.0525. The van der Waals surface area contributed by atoms with Gasteiger partial charge in [-0.2, -0.15) is 0 Å². The highest BCUT2D eigenvalue weighted by atomic mass is 32.1. The molecule has 0 fully saturated rings. The van der Waals surface area contributed by atoms with Crippen LogP contribution in [0.4, 0.5) is 0 Å². The van der Waals surface area contributed by atoms with Crippen LogP contribution >= 0.6 is 11.3 Å². The number of nitrogens with one attached hydrogen (secondary N) is 1. The van der Waals surface area contributed by atoms with Crippen molar-refractivity contribution in [3.05, 3.63) is 70.5 Å². The molecular formula is C20H15NO3S. The summed E-state index contributed by atoms with van der Waals surface area (Å²) in [5, 5.41) is 0.979. The third-order valence-electron chi connectivity index (χ3n) is 4.08. The average molecular weight is 349 g/mol. The number of H-pyrrole nitrogens is 1. The van der Waals surface area contributed by atoms with E-state index in [2.05, 4.69) is 4.98 Å². The van der Waals surface area contributed by atoms with Crippen molar-refractivity contribution in [1.29, 1.82) is 0 Å². The van der Waals surface area contributed by atoms with Crippen LogP contribution < -0.4 is 5.56 Å². The predicted molar refractivity (Wildman–Crippen MR) is 101 cm³/mol. The number of thiophene rings is 1. The molecule has 0 aliphatic heterocycles. The molecule has 124 valence electrons. The van der Waals surface area contributed by atoms with Crippen LogP contribution in [-0.4, -0.2) is 17.6 Å². The van der Waals surface area contributed by atoms with Crippen molar-refractivity contribution in [1.82, 2.24) is 4.98 Å². The highest BCUT2D eigenvalue weighted by Crippen LogP contribution is 2.39. The number of aromatic amines is 1. The fraction of sp³-hybridized carbons (Fsp3) is 0.100. The van der Waals surface area contributed by atoms with E-state index in [1.54, 1.807) is 18.3 Å². The monoisotopic (exact) mass is 349 g/mol. The minimum atomic E-state index is -0.595. The summed E-state index contributed by atoms with van der Waals surface area (Å²) in [7, 11) is 0. The van der Waals surface area contributed by atoms with Gasteiger partial charge in [0.05, 0.1) is 16.8 Å². The lowest BCUT2D eigenvalue weighted by atomic mass is 10.00. The van der Waals surface area contributed by atoms with Gasteiger partial charge in [0.2, 0.25) is 0 Å². The first-order valence-electron chi connectivity index (χ1n) is 8.00. The van der Waals surface area contributed by atoms with Gasteiger partial charge in [-0.05, 0) is 18.6 Å². The Labute approximate surface area is 147 Å². The molecule has 0 saturated carbocycles. The Balaban J connectivity index is 2.17. The number of rotatable bonds is 3. The van der Waals surface area contributed by atoms with Gasteiger partial charge < -0.3 is 9.72 Å². The Morgan fingerprint density at radius 3 is 2.56 bits per heavy atom. The lowest BCUT2D eigenvalue weighted by Crippen LogP contribution is -2.21. The molecule has 0 unspecified atom stereocenters. The second-order valence-electron chi connectivity index (χ2n) is 5.59. The van der Waals surface area contributed by atoms with Crippen LogP contribution in [0.3, 0.4) is 0 Å². The van der Waals surface area contributed by atoms with E-state index in [0.717, 1.165) is 25.9 Å². The fourth-order valence-electron chi connectivity index (χ4n) is 3.03. The first-order valence-corrected chi connectivity index (χ1v) is 8.82. The zero-order valence-electron chi connectivity index (χ0n) is 13.5. The second-order valence-corrected chi connectivity index (χ2v) is 6.65. The molecular weight excluding hydrogens is 334 g/mol. The topological polar surface area (TPSA) is 59.2 Å². The SMILES string of the molecule is CCOC(=O)c1c(-c2ccccc2)c2sc3ccccc3c2[nH]c1=O. The van der Waals surface area contributed by atoms with E-state index in [9.17, 15) is 9.59 Å². The highest BCUT2D eigenvalue weighted by molar-refractivity contribution is 7.26. The Kier molecular flexibility index (Phi) is 3.86. The van der Waals surface area contributed by atoms with Crippen molar-refractivity contribution < 1.29 is 9.53 Å². The number of pyridine rings is 1. The maximum Gasteiger partial charge on any atom is 0.344 e. The number of fused-ring (bicyclic) bond motifs is 3. The number of hydrogen-bond donors (Lipinski definition) is 1. The molecule has 0 radical (unpaired) electrons. The fourth-order valence-corrected chi connectivity index (χ4v) is 4.26. The summed E-state index contributed by atoms with van der Waals surface area (Å²) < 4.78 is 7.09. The number of esters is 1. The molecule has 2 heterocycles. The summed E-state index contributed by atoms with van der Waals surface area (Å²) in [6, 6.07) is 17.4. The van der Waals surface area contributed by atoms with Gasteiger partial charge >= 0.3 is 5.97 Å². The number of ether oxygens (including phenoxy) is 1. The minimum absolute atomic E-state index is 0.0621. The molecule has 4 nitrogen and oxygen atoms in total. The Morgan fingerprint density at radius 1 is 1.08 bits per heavy atom. The molecule has 0 aliphatic carbocycles. The van der Waals surface area contributed by atoms with Crippen molar-refractivity contribution in [2.45, 2.75) is 6.92 Å². The largest absolute Gasteiger partial charge is 0.462 e. The summed E-state index contributed by atoms with van der Waals surface area (Å²) in [6.07, 6.45) is 0. The van der Waals surface area contributed by atoms with E-state index in [-0.39, 0.29) is 12.2 Å². The van der Waals surface area contributed by atoms with E-state index < -0.39 is 11.5 Å². The van der Waals surface area contributed by atoms with E-state index >= 15 is 0 Å². The van der Waals surface area contributed by atoms with E-state index in [0.29, 0.717) is 5.56 Å². The van der Waals surface area contributed by atoms with Gasteiger partial charge in [-0.3, -0.25) is 4.79 Å². The van der Waals surface area contributed by atoms with Crippen molar-refractivity contribution in [3.8, 4) is 11.1 Å². The standard InChI is InChI=1S/C20H15NO3S/c1-2-24-20(23)16-15(12-8-4-3-5-9-12)18-17(21-19(16)22)13-10-6-7-11-14(13)25-18/h3-11H,2H2,1H3,(H,21,22). The molecule has 25 heavy (non-hydrogen) atoms. The maximum atomic E-state index is 12.7. The van der Waals surface area contributed by atoms with Crippen LogP contribution in [0.25, 0.3) is 31.4 Å². The number of aromatic nitrogens is 1. The normalized spacial score (nSPS) is 11.1. The van der Waals surface area contributed by atoms with Crippen LogP contribution in [0.2, 0.25) is 0 Å². The Morgan fingerprint density at radius 2 is 1.80 bits per heavy atom. The van der Waals surface area contributed by atoms with E-state index in [1.807, 2.05) is 54.6 Å². The van der Waals surface area contributed by atoms with Gasteiger partial charge in [-0.15, -0.1) is 11.3 Å². The molecule has 0 atom stereocenters. The number of benzene rings is 2. The summed E-state index contributed by atoms with van der Waals surface area (Å²) in [6.45, 7) is 1.95. The van der Waals surface area contributed by atoms with Crippen molar-refractivity contribution >= 4 is 37.6 Å². The minimum Gasteiger partial charge on any atom is -0.462 e. The zero-order chi connectivity index (χ0) is 17.4. The molecule has 0 bridgehead atoms. The smallest absolute Gasteiger partial charge is 0.344 e. The highest BCUT2D eigenvalue weighted by Gasteiger charge is 2.23. The van der Waals surface area contributed by atoms with Crippen molar-refractivity contribution in [3.63, 3.8) is 0 Å². The van der Waals surface area contributed by atoms with Crippen LogP contribution in [0.5, 0.6) is 0 Å². The third kappa shape index (κ3) is 2.53. The molecule has 0 aliphatic rings. The third-order valence-corrected chi connectivity index (χ3v) is 5.27. The van der Waals surface area contributed by atoms with Crippen molar-refractivity contribution in [2.75, 3.05) is 6.61 Å². The number of hydrogen-bond acceptors (Lipinski definition) is 4. The summed E-state index contributed by atoms with van der Waals surface area (Å²) >= 11 is 1.56. The van der Waals surface area contributed by atoms with Gasteiger partial charge in [0, 0.05) is 15.6 Å². The van der Waals surface area contributed by atoms with Crippen LogP contribution in [-0.2, 0) is 4.74 Å². The van der Waals surface area contributed by atoms with Crippen LogP contribution in [0, 0.1) is 0 Å². The zero-order valence-corrected chi connectivity index (χ0v) is 14.4. The van der Waals surface area contributed by atoms with Gasteiger partial charge in [0.15, 0.2) is 0 Å². The number of carbonyl (C=O) groups is 1. The molecule has 5 heteroatoms. The van der Waals surface area contributed by atoms with Crippen LogP contribution in [0.1, 0.15) is 17.3 Å². The number of carbonyl (C=O) groups excluding carboxylic acids is 1.